The van der Waals surface area contributed by atoms with Gasteiger partial charge in [-0.25, -0.2) is 18.2 Å². The van der Waals surface area contributed by atoms with Crippen molar-refractivity contribution in [1.82, 2.24) is 15.2 Å². The third kappa shape index (κ3) is 2.23. The highest BCUT2D eigenvalue weighted by Gasteiger charge is 2.32. The Hall–Kier alpha value is -2.42. The summed E-state index contributed by atoms with van der Waals surface area (Å²) >= 11 is 0. The van der Waals surface area contributed by atoms with Crippen LogP contribution in [0.4, 0.5) is 5.82 Å². The Kier molecular flexibility index (Phi) is 3.45. The Morgan fingerprint density at radius 3 is 2.65 bits per heavy atom. The zero-order chi connectivity index (χ0) is 14.9. The molecule has 8 nitrogen and oxygen atoms in total. The number of H-pyrrole nitrogens is 1. The minimum Gasteiger partial charge on any atom is -0.476 e. The number of anilines is 1. The summed E-state index contributed by atoms with van der Waals surface area (Å²) in [5.74, 6) is -1.23. The number of aryl methyl sites for hydroxylation is 1. The van der Waals surface area contributed by atoms with Crippen molar-refractivity contribution in [2.45, 2.75) is 11.8 Å². The van der Waals surface area contributed by atoms with Crippen molar-refractivity contribution in [3.8, 4) is 0 Å². The van der Waals surface area contributed by atoms with E-state index in [4.69, 9.17) is 5.11 Å². The van der Waals surface area contributed by atoms with E-state index in [1.54, 1.807) is 12.1 Å². The molecule has 0 bridgehead atoms. The van der Waals surface area contributed by atoms with Crippen LogP contribution in [0.15, 0.2) is 29.3 Å². The number of hydrogen-bond donors (Lipinski definition) is 2. The lowest BCUT2D eigenvalue weighted by Gasteiger charge is -2.18. The standard InChI is InChI=1S/C11H12N4O4S/c1-7-10(9(11(16)17)14-13-7)20(18,19)15(2)8-5-3-4-6-12-8/h3-6H,1-2H3,(H,13,14)(H,16,17). The van der Waals surface area contributed by atoms with Gasteiger partial charge in [0.25, 0.3) is 10.0 Å². The first-order valence-electron chi connectivity index (χ1n) is 5.54. The first kappa shape index (κ1) is 14.0. The molecule has 0 aliphatic rings. The number of carbonyl (C=O) groups is 1. The molecule has 2 aromatic heterocycles. The first-order chi connectivity index (χ1) is 9.35. The second kappa shape index (κ2) is 4.93. The number of aromatic nitrogens is 3. The number of nitrogens with one attached hydrogen (secondary N) is 1. The Morgan fingerprint density at radius 2 is 2.10 bits per heavy atom. The average molecular weight is 296 g/mol. The van der Waals surface area contributed by atoms with Crippen LogP contribution in [0.1, 0.15) is 16.2 Å². The molecule has 2 aromatic rings. The highest BCUT2D eigenvalue weighted by molar-refractivity contribution is 7.93. The van der Waals surface area contributed by atoms with E-state index in [1.807, 2.05) is 0 Å². The predicted molar refractivity (Wildman–Crippen MR) is 70.1 cm³/mol. The fraction of sp³-hybridized carbons (Fsp3) is 0.182. The smallest absolute Gasteiger partial charge is 0.357 e. The highest BCUT2D eigenvalue weighted by atomic mass is 32.2. The number of rotatable bonds is 4. The van der Waals surface area contributed by atoms with Crippen LogP contribution in [0.2, 0.25) is 0 Å². The molecule has 20 heavy (non-hydrogen) atoms. The van der Waals surface area contributed by atoms with Gasteiger partial charge in [-0.15, -0.1) is 0 Å². The SMILES string of the molecule is Cc1[nH]nc(C(=O)O)c1S(=O)(=O)N(C)c1ccccn1. The van der Waals surface area contributed by atoms with Crippen LogP contribution in [0.3, 0.4) is 0 Å². The van der Waals surface area contributed by atoms with Crippen LogP contribution in [0.5, 0.6) is 0 Å². The van der Waals surface area contributed by atoms with Gasteiger partial charge in [-0.05, 0) is 19.1 Å². The van der Waals surface area contributed by atoms with Crippen molar-refractivity contribution in [2.24, 2.45) is 0 Å². The van der Waals surface area contributed by atoms with Gasteiger partial charge < -0.3 is 5.11 Å². The van der Waals surface area contributed by atoms with Gasteiger partial charge in [0.1, 0.15) is 10.7 Å². The quantitative estimate of drug-likeness (QED) is 0.855. The summed E-state index contributed by atoms with van der Waals surface area (Å²) in [5, 5.41) is 14.9. The van der Waals surface area contributed by atoms with Gasteiger partial charge >= 0.3 is 5.97 Å². The molecule has 0 amide bonds. The van der Waals surface area contributed by atoms with E-state index in [1.165, 1.54) is 26.2 Å². The fourth-order valence-electron chi connectivity index (χ4n) is 1.68. The topological polar surface area (TPSA) is 116 Å². The van der Waals surface area contributed by atoms with Gasteiger partial charge in [0, 0.05) is 13.2 Å². The number of aromatic amines is 1. The summed E-state index contributed by atoms with van der Waals surface area (Å²) in [6.45, 7) is 1.44. The summed E-state index contributed by atoms with van der Waals surface area (Å²) in [6.07, 6.45) is 1.45. The lowest BCUT2D eigenvalue weighted by molar-refractivity contribution is 0.0686. The van der Waals surface area contributed by atoms with Crippen LogP contribution in [0.25, 0.3) is 0 Å². The zero-order valence-electron chi connectivity index (χ0n) is 10.7. The highest BCUT2D eigenvalue weighted by Crippen LogP contribution is 2.24. The summed E-state index contributed by atoms with van der Waals surface area (Å²) < 4.78 is 25.9. The number of aromatic carboxylic acids is 1. The van der Waals surface area contributed by atoms with Crippen molar-refractivity contribution in [2.75, 3.05) is 11.4 Å². The van der Waals surface area contributed by atoms with E-state index in [0.29, 0.717) is 0 Å². The second-order valence-electron chi connectivity index (χ2n) is 3.99. The van der Waals surface area contributed by atoms with Gasteiger partial charge in [-0.1, -0.05) is 6.07 Å². The molecule has 0 saturated carbocycles. The Bertz CT molecular complexity index is 739. The molecule has 0 saturated heterocycles. The lowest BCUT2D eigenvalue weighted by Crippen LogP contribution is -2.29. The van der Waals surface area contributed by atoms with E-state index < -0.39 is 21.7 Å². The molecular weight excluding hydrogens is 284 g/mol. The van der Waals surface area contributed by atoms with E-state index in [0.717, 1.165) is 4.31 Å². The molecule has 0 unspecified atom stereocenters. The molecule has 2 heterocycles. The summed E-state index contributed by atoms with van der Waals surface area (Å²) in [7, 11) is -2.76. The largest absolute Gasteiger partial charge is 0.476 e. The van der Waals surface area contributed by atoms with E-state index >= 15 is 0 Å². The van der Waals surface area contributed by atoms with E-state index in [9.17, 15) is 13.2 Å². The number of nitrogens with zero attached hydrogens (tertiary/aromatic N) is 3. The molecule has 0 atom stereocenters. The second-order valence-corrected chi connectivity index (χ2v) is 5.90. The third-order valence-corrected chi connectivity index (χ3v) is 4.61. The zero-order valence-corrected chi connectivity index (χ0v) is 11.5. The Labute approximate surface area is 115 Å². The van der Waals surface area contributed by atoms with Gasteiger partial charge in [0.2, 0.25) is 0 Å². The van der Waals surface area contributed by atoms with Crippen molar-refractivity contribution >= 4 is 21.8 Å². The minimum atomic E-state index is -4.06. The monoisotopic (exact) mass is 296 g/mol. The molecule has 2 N–H and O–H groups in total. The van der Waals surface area contributed by atoms with Crippen molar-refractivity contribution in [3.05, 3.63) is 35.8 Å². The molecule has 2 rings (SSSR count). The minimum absolute atomic E-state index is 0.158. The molecule has 0 aromatic carbocycles. The van der Waals surface area contributed by atoms with E-state index in [2.05, 4.69) is 15.2 Å². The Morgan fingerprint density at radius 1 is 1.40 bits per heavy atom. The van der Waals surface area contributed by atoms with Crippen LogP contribution in [0, 0.1) is 6.92 Å². The number of carboxylic acid groups (broad SMARTS) is 1. The maximum Gasteiger partial charge on any atom is 0.357 e. The van der Waals surface area contributed by atoms with Crippen molar-refractivity contribution in [3.63, 3.8) is 0 Å². The fourth-order valence-corrected chi connectivity index (χ4v) is 3.12. The maximum absolute atomic E-state index is 12.5. The molecule has 0 radical (unpaired) electrons. The van der Waals surface area contributed by atoms with E-state index in [-0.39, 0.29) is 16.4 Å². The molecular formula is C11H12N4O4S. The number of carboxylic acids is 1. The van der Waals surface area contributed by atoms with Crippen LogP contribution in [-0.2, 0) is 10.0 Å². The molecule has 106 valence electrons. The van der Waals surface area contributed by atoms with Crippen molar-refractivity contribution < 1.29 is 18.3 Å². The average Bonchev–Trinajstić information content (AvgIpc) is 2.81. The van der Waals surface area contributed by atoms with Crippen molar-refractivity contribution in [1.29, 1.82) is 0 Å². The van der Waals surface area contributed by atoms with Gasteiger partial charge in [0.05, 0.1) is 5.69 Å². The summed E-state index contributed by atoms with van der Waals surface area (Å²) in [5.41, 5.74) is -0.379. The van der Waals surface area contributed by atoms with Gasteiger partial charge in [-0.3, -0.25) is 9.40 Å². The van der Waals surface area contributed by atoms with Crippen LogP contribution < -0.4 is 4.31 Å². The molecule has 0 fully saturated rings. The maximum atomic E-state index is 12.5. The van der Waals surface area contributed by atoms with Gasteiger partial charge in [-0.2, -0.15) is 5.10 Å². The normalized spacial score (nSPS) is 11.3. The lowest BCUT2D eigenvalue weighted by atomic mass is 10.4. The number of pyridine rings is 1. The van der Waals surface area contributed by atoms with Gasteiger partial charge in [0.15, 0.2) is 5.69 Å². The van der Waals surface area contributed by atoms with Crippen LogP contribution in [-0.4, -0.2) is 41.7 Å². The first-order valence-corrected chi connectivity index (χ1v) is 6.98. The summed E-state index contributed by atoms with van der Waals surface area (Å²) in [6, 6.07) is 4.79. The molecule has 9 heteroatoms. The number of hydrogen-bond acceptors (Lipinski definition) is 5. The summed E-state index contributed by atoms with van der Waals surface area (Å²) in [4.78, 5) is 14.6. The number of sulfonamides is 1. The molecule has 0 aliphatic heterocycles. The third-order valence-electron chi connectivity index (χ3n) is 2.68. The Balaban J connectivity index is 2.57. The van der Waals surface area contributed by atoms with Crippen LogP contribution >= 0.6 is 0 Å². The molecule has 0 spiro atoms. The molecule has 0 aliphatic carbocycles. The predicted octanol–water partition coefficient (Wildman–Crippen LogP) is 0.636.